The van der Waals surface area contributed by atoms with Gasteiger partial charge in [0, 0.05) is 13.5 Å². The summed E-state index contributed by atoms with van der Waals surface area (Å²) in [7, 11) is 2.05. The number of thiazole rings is 1. The van der Waals surface area contributed by atoms with Crippen molar-refractivity contribution < 1.29 is 4.79 Å². The van der Waals surface area contributed by atoms with Gasteiger partial charge in [0.05, 0.1) is 16.0 Å². The van der Waals surface area contributed by atoms with E-state index in [4.69, 9.17) is 0 Å². The molecule has 0 unspecified atom stereocenters. The molecule has 162 valence electrons. The molecule has 1 N–H and O–H groups in total. The van der Waals surface area contributed by atoms with Crippen LogP contribution in [0.15, 0.2) is 29.4 Å². The van der Waals surface area contributed by atoms with Gasteiger partial charge in [-0.15, -0.1) is 10.2 Å². The summed E-state index contributed by atoms with van der Waals surface area (Å²) >= 11 is 2.95. The van der Waals surface area contributed by atoms with Gasteiger partial charge >= 0.3 is 0 Å². The minimum absolute atomic E-state index is 0.0605. The van der Waals surface area contributed by atoms with Crippen LogP contribution in [0.25, 0.3) is 10.2 Å². The third-order valence-electron chi connectivity index (χ3n) is 7.50. The van der Waals surface area contributed by atoms with Gasteiger partial charge in [-0.25, -0.2) is 4.98 Å². The summed E-state index contributed by atoms with van der Waals surface area (Å²) in [6.45, 7) is 0. The fourth-order valence-corrected chi connectivity index (χ4v) is 8.29. The van der Waals surface area contributed by atoms with Crippen LogP contribution in [0.1, 0.15) is 44.3 Å². The summed E-state index contributed by atoms with van der Waals surface area (Å²) in [6, 6.07) is 7.92. The monoisotopic (exact) mass is 453 g/mol. The Bertz CT molecular complexity index is 1070. The number of carbonyl (C=O) groups is 1. The lowest BCUT2D eigenvalue weighted by Crippen LogP contribution is -2.47. The number of hydrogen-bond donors (Lipinski definition) is 1. The van der Waals surface area contributed by atoms with Crippen LogP contribution in [-0.2, 0) is 18.3 Å². The lowest BCUT2D eigenvalue weighted by molar-refractivity contribution is -0.113. The lowest BCUT2D eigenvalue weighted by Gasteiger charge is -2.56. The number of hydrogen-bond acceptors (Lipinski definition) is 6. The van der Waals surface area contributed by atoms with E-state index < -0.39 is 0 Å². The van der Waals surface area contributed by atoms with Crippen molar-refractivity contribution in [3.63, 3.8) is 0 Å². The third-order valence-corrected chi connectivity index (χ3v) is 9.47. The molecular weight excluding hydrogens is 426 g/mol. The first-order valence-electron chi connectivity index (χ1n) is 11.2. The first kappa shape index (κ1) is 19.7. The molecule has 31 heavy (non-hydrogen) atoms. The van der Waals surface area contributed by atoms with Crippen LogP contribution in [0.3, 0.4) is 0 Å². The highest BCUT2D eigenvalue weighted by Gasteiger charge is 2.51. The van der Waals surface area contributed by atoms with Crippen LogP contribution in [-0.4, -0.2) is 31.4 Å². The number of para-hydroxylation sites is 1. The van der Waals surface area contributed by atoms with Gasteiger partial charge in [0.2, 0.25) is 5.91 Å². The fraction of sp³-hybridized carbons (Fsp3) is 0.565. The maximum absolute atomic E-state index is 12.5. The van der Waals surface area contributed by atoms with E-state index in [1.807, 2.05) is 31.3 Å². The van der Waals surface area contributed by atoms with Crippen molar-refractivity contribution in [3.05, 3.63) is 30.1 Å². The standard InChI is InChI=1S/C23H27N5OS2/c1-28-19(12-23-9-14-6-15(10-23)8-16(7-14)11-23)26-27-22(28)30-13-20(29)25-21-24-17-4-2-3-5-18(17)31-21/h2-5,14-16H,6-13H2,1H3,(H,24,25,29). The molecule has 0 radical (unpaired) electrons. The molecular formula is C23H27N5OS2. The Balaban J connectivity index is 1.09. The molecule has 0 atom stereocenters. The molecule has 1 aromatic carbocycles. The van der Waals surface area contributed by atoms with E-state index in [-0.39, 0.29) is 5.91 Å². The molecule has 2 aromatic heterocycles. The molecule has 3 aromatic rings. The van der Waals surface area contributed by atoms with Crippen molar-refractivity contribution in [2.75, 3.05) is 11.1 Å². The number of aromatic nitrogens is 4. The minimum atomic E-state index is -0.0605. The Morgan fingerprint density at radius 2 is 1.87 bits per heavy atom. The average molecular weight is 454 g/mol. The summed E-state index contributed by atoms with van der Waals surface area (Å²) in [6.07, 6.45) is 9.55. The van der Waals surface area contributed by atoms with Crippen molar-refractivity contribution in [2.45, 2.75) is 50.1 Å². The van der Waals surface area contributed by atoms with Crippen molar-refractivity contribution in [3.8, 4) is 0 Å². The summed E-state index contributed by atoms with van der Waals surface area (Å²) in [5, 5.41) is 13.3. The Morgan fingerprint density at radius 1 is 1.16 bits per heavy atom. The van der Waals surface area contributed by atoms with Crippen molar-refractivity contribution in [1.29, 1.82) is 0 Å². The zero-order valence-electron chi connectivity index (χ0n) is 17.7. The van der Waals surface area contributed by atoms with E-state index in [0.717, 1.165) is 45.4 Å². The Hall–Kier alpha value is -1.93. The summed E-state index contributed by atoms with van der Waals surface area (Å²) < 4.78 is 3.18. The predicted octanol–water partition coefficient (Wildman–Crippen LogP) is 4.91. The van der Waals surface area contributed by atoms with Gasteiger partial charge in [0.15, 0.2) is 10.3 Å². The van der Waals surface area contributed by atoms with Gasteiger partial charge in [0.1, 0.15) is 5.82 Å². The van der Waals surface area contributed by atoms with Gasteiger partial charge in [-0.05, 0) is 73.8 Å². The van der Waals surface area contributed by atoms with Gasteiger partial charge in [0.25, 0.3) is 0 Å². The molecule has 8 heteroatoms. The molecule has 1 amide bonds. The zero-order chi connectivity index (χ0) is 21.0. The highest BCUT2D eigenvalue weighted by atomic mass is 32.2. The van der Waals surface area contributed by atoms with Gasteiger partial charge < -0.3 is 9.88 Å². The number of nitrogens with zero attached hydrogens (tertiary/aromatic N) is 4. The highest BCUT2D eigenvalue weighted by molar-refractivity contribution is 7.99. The summed E-state index contributed by atoms with van der Waals surface area (Å²) in [5.41, 5.74) is 1.36. The lowest BCUT2D eigenvalue weighted by atomic mass is 9.49. The number of benzene rings is 1. The van der Waals surface area contributed by atoms with Gasteiger partial charge in [-0.1, -0.05) is 35.2 Å². The number of carbonyl (C=O) groups excluding carboxylic acids is 1. The Morgan fingerprint density at radius 3 is 2.58 bits per heavy atom. The molecule has 4 fully saturated rings. The largest absolute Gasteiger partial charge is 0.309 e. The summed E-state index contributed by atoms with van der Waals surface area (Å²) in [5.74, 6) is 4.16. The van der Waals surface area contributed by atoms with E-state index >= 15 is 0 Å². The van der Waals surface area contributed by atoms with Crippen LogP contribution in [0.4, 0.5) is 5.13 Å². The average Bonchev–Trinajstić information content (AvgIpc) is 3.28. The zero-order valence-corrected chi connectivity index (χ0v) is 19.3. The molecule has 2 heterocycles. The third kappa shape index (κ3) is 3.78. The van der Waals surface area contributed by atoms with E-state index in [0.29, 0.717) is 16.3 Å². The molecule has 0 aliphatic heterocycles. The minimum Gasteiger partial charge on any atom is -0.309 e. The topological polar surface area (TPSA) is 72.7 Å². The normalized spacial score (nSPS) is 29.0. The van der Waals surface area contributed by atoms with E-state index in [1.54, 1.807) is 0 Å². The van der Waals surface area contributed by atoms with Crippen molar-refractivity contribution >= 4 is 44.4 Å². The van der Waals surface area contributed by atoms with Crippen molar-refractivity contribution in [2.24, 2.45) is 30.2 Å². The van der Waals surface area contributed by atoms with Crippen LogP contribution >= 0.6 is 23.1 Å². The van der Waals surface area contributed by atoms with Gasteiger partial charge in [-0.2, -0.15) is 0 Å². The van der Waals surface area contributed by atoms with Crippen LogP contribution < -0.4 is 5.32 Å². The van der Waals surface area contributed by atoms with Crippen molar-refractivity contribution in [1.82, 2.24) is 19.7 Å². The highest BCUT2D eigenvalue weighted by Crippen LogP contribution is 2.60. The quantitative estimate of drug-likeness (QED) is 0.537. The molecule has 4 bridgehead atoms. The number of rotatable bonds is 6. The second kappa shape index (κ2) is 7.59. The second-order valence-corrected chi connectivity index (χ2v) is 11.8. The van der Waals surface area contributed by atoms with Crippen LogP contribution in [0, 0.1) is 23.2 Å². The van der Waals surface area contributed by atoms with Crippen LogP contribution in [0.5, 0.6) is 0 Å². The van der Waals surface area contributed by atoms with E-state index in [1.165, 1.54) is 61.6 Å². The Labute approximate surface area is 190 Å². The molecule has 6 nitrogen and oxygen atoms in total. The van der Waals surface area contributed by atoms with E-state index in [9.17, 15) is 4.79 Å². The van der Waals surface area contributed by atoms with E-state index in [2.05, 4.69) is 25.1 Å². The molecule has 7 rings (SSSR count). The maximum atomic E-state index is 12.5. The SMILES string of the molecule is Cn1c(CC23CC4CC(CC(C4)C2)C3)nnc1SCC(=O)Nc1nc2ccccc2s1. The number of nitrogens with one attached hydrogen (secondary N) is 1. The molecule has 0 spiro atoms. The second-order valence-electron chi connectivity index (χ2n) is 9.88. The number of amides is 1. The molecule has 4 aliphatic rings. The number of fused-ring (bicyclic) bond motifs is 1. The first-order valence-corrected chi connectivity index (χ1v) is 13.0. The fourth-order valence-electron chi connectivity index (χ4n) is 6.68. The number of anilines is 1. The summed E-state index contributed by atoms with van der Waals surface area (Å²) in [4.78, 5) is 16.9. The van der Waals surface area contributed by atoms with Gasteiger partial charge in [-0.3, -0.25) is 4.79 Å². The molecule has 0 saturated heterocycles. The molecule has 4 aliphatic carbocycles. The molecule has 4 saturated carbocycles. The predicted molar refractivity (Wildman–Crippen MR) is 124 cm³/mol. The van der Waals surface area contributed by atoms with Crippen LogP contribution in [0.2, 0.25) is 0 Å². The first-order chi connectivity index (χ1) is 15.1. The Kier molecular flexibility index (Phi) is 4.83. The number of thioether (sulfide) groups is 1. The smallest absolute Gasteiger partial charge is 0.236 e. The maximum Gasteiger partial charge on any atom is 0.236 e.